The van der Waals surface area contributed by atoms with Crippen molar-refractivity contribution in [3.63, 3.8) is 0 Å². The van der Waals surface area contributed by atoms with Crippen molar-refractivity contribution < 1.29 is 9.84 Å². The van der Waals surface area contributed by atoms with Gasteiger partial charge in [-0.15, -0.1) is 5.10 Å². The number of benzene rings is 3. The Balaban J connectivity index is 1.74. The van der Waals surface area contributed by atoms with Crippen LogP contribution in [0.25, 0.3) is 10.2 Å². The van der Waals surface area contributed by atoms with Gasteiger partial charge < -0.3 is 14.4 Å². The zero-order valence-electron chi connectivity index (χ0n) is 15.3. The van der Waals surface area contributed by atoms with Crippen molar-refractivity contribution in [1.82, 2.24) is 4.57 Å². The SMILES string of the molecule is COc1ccc(O)c(/C=N/N=c2\sc3ccccc3n2Cc2ccccc2)c1. The average Bonchev–Trinajstić information content (AvgIpc) is 3.07. The summed E-state index contributed by atoms with van der Waals surface area (Å²) in [5.41, 5.74) is 2.87. The Kier molecular flexibility index (Phi) is 5.21. The second-order valence-electron chi connectivity index (χ2n) is 6.19. The maximum Gasteiger partial charge on any atom is 0.211 e. The highest BCUT2D eigenvalue weighted by Gasteiger charge is 2.06. The molecule has 0 saturated carbocycles. The number of phenolic OH excluding ortho intramolecular Hbond substituents is 1. The molecular weight excluding hydrogens is 370 g/mol. The number of rotatable bonds is 5. The fourth-order valence-electron chi connectivity index (χ4n) is 2.92. The van der Waals surface area contributed by atoms with Crippen LogP contribution in [0.1, 0.15) is 11.1 Å². The lowest BCUT2D eigenvalue weighted by molar-refractivity contribution is 0.412. The zero-order valence-corrected chi connectivity index (χ0v) is 16.1. The maximum atomic E-state index is 10.0. The molecule has 0 radical (unpaired) electrons. The predicted octanol–water partition coefficient (Wildman–Crippen LogP) is 4.40. The van der Waals surface area contributed by atoms with Crippen LogP contribution in [-0.2, 0) is 6.54 Å². The van der Waals surface area contributed by atoms with E-state index in [2.05, 4.69) is 39.0 Å². The highest BCUT2D eigenvalue weighted by Crippen LogP contribution is 2.21. The Morgan fingerprint density at radius 2 is 1.82 bits per heavy atom. The first-order chi connectivity index (χ1) is 13.7. The Morgan fingerprint density at radius 3 is 2.64 bits per heavy atom. The van der Waals surface area contributed by atoms with Crippen LogP contribution >= 0.6 is 11.3 Å². The highest BCUT2D eigenvalue weighted by atomic mass is 32.1. The topological polar surface area (TPSA) is 59.1 Å². The lowest BCUT2D eigenvalue weighted by Gasteiger charge is -2.05. The monoisotopic (exact) mass is 389 g/mol. The fraction of sp³-hybridized carbons (Fsp3) is 0.0909. The quantitative estimate of drug-likeness (QED) is 0.406. The van der Waals surface area contributed by atoms with Crippen LogP contribution in [0, 0.1) is 0 Å². The minimum absolute atomic E-state index is 0.133. The van der Waals surface area contributed by atoms with E-state index in [9.17, 15) is 5.11 Å². The second-order valence-corrected chi connectivity index (χ2v) is 7.20. The minimum atomic E-state index is 0.133. The van der Waals surface area contributed by atoms with Crippen molar-refractivity contribution in [1.29, 1.82) is 0 Å². The summed E-state index contributed by atoms with van der Waals surface area (Å²) in [7, 11) is 1.58. The van der Waals surface area contributed by atoms with Gasteiger partial charge in [-0.1, -0.05) is 53.8 Å². The van der Waals surface area contributed by atoms with Gasteiger partial charge in [-0.05, 0) is 35.9 Å². The number of hydrogen-bond donors (Lipinski definition) is 1. The molecule has 1 aromatic heterocycles. The lowest BCUT2D eigenvalue weighted by atomic mass is 10.2. The molecule has 5 nitrogen and oxygen atoms in total. The molecule has 0 atom stereocenters. The molecule has 4 rings (SSSR count). The van der Waals surface area contributed by atoms with Gasteiger partial charge in [0.05, 0.1) is 30.1 Å². The van der Waals surface area contributed by atoms with Crippen LogP contribution in [0.3, 0.4) is 0 Å². The lowest BCUT2D eigenvalue weighted by Crippen LogP contribution is -2.15. The van der Waals surface area contributed by atoms with Gasteiger partial charge in [-0.2, -0.15) is 5.10 Å². The molecule has 0 amide bonds. The molecule has 3 aromatic carbocycles. The molecule has 1 heterocycles. The Labute approximate surface area is 166 Å². The summed E-state index contributed by atoms with van der Waals surface area (Å²) < 4.78 is 8.49. The van der Waals surface area contributed by atoms with E-state index in [0.29, 0.717) is 17.9 Å². The van der Waals surface area contributed by atoms with Crippen LogP contribution in [0.15, 0.2) is 83.0 Å². The van der Waals surface area contributed by atoms with Gasteiger partial charge in [0.2, 0.25) is 4.80 Å². The molecular formula is C22H19N3O2S. The zero-order chi connectivity index (χ0) is 19.3. The van der Waals surface area contributed by atoms with Crippen LogP contribution in [0.4, 0.5) is 0 Å². The number of aromatic hydroxyl groups is 1. The normalized spacial score (nSPS) is 12.1. The van der Waals surface area contributed by atoms with Gasteiger partial charge in [0.25, 0.3) is 0 Å². The number of fused-ring (bicyclic) bond motifs is 1. The highest BCUT2D eigenvalue weighted by molar-refractivity contribution is 7.16. The number of para-hydroxylation sites is 1. The van der Waals surface area contributed by atoms with Crippen molar-refractivity contribution in [2.45, 2.75) is 6.54 Å². The molecule has 0 aliphatic rings. The third kappa shape index (κ3) is 3.82. The van der Waals surface area contributed by atoms with Gasteiger partial charge >= 0.3 is 0 Å². The molecule has 0 unspecified atom stereocenters. The largest absolute Gasteiger partial charge is 0.507 e. The Bertz CT molecular complexity index is 1190. The first-order valence-corrected chi connectivity index (χ1v) is 9.62. The number of hydrogen-bond acceptors (Lipinski definition) is 5. The van der Waals surface area contributed by atoms with E-state index in [4.69, 9.17) is 4.74 Å². The van der Waals surface area contributed by atoms with Crippen molar-refractivity contribution in [2.75, 3.05) is 7.11 Å². The van der Waals surface area contributed by atoms with Gasteiger partial charge in [0.1, 0.15) is 11.5 Å². The molecule has 0 saturated heterocycles. The van der Waals surface area contributed by atoms with Crippen LogP contribution < -0.4 is 9.54 Å². The van der Waals surface area contributed by atoms with Gasteiger partial charge in [0, 0.05) is 5.56 Å². The third-order valence-corrected chi connectivity index (χ3v) is 5.40. The molecule has 28 heavy (non-hydrogen) atoms. The average molecular weight is 389 g/mol. The third-order valence-electron chi connectivity index (χ3n) is 4.35. The van der Waals surface area contributed by atoms with Crippen molar-refractivity contribution in [3.8, 4) is 11.5 Å². The predicted molar refractivity (Wildman–Crippen MR) is 113 cm³/mol. The summed E-state index contributed by atoms with van der Waals surface area (Å²) in [6.07, 6.45) is 1.54. The number of phenols is 1. The number of ether oxygens (including phenoxy) is 1. The van der Waals surface area contributed by atoms with Gasteiger partial charge in [-0.25, -0.2) is 0 Å². The fourth-order valence-corrected chi connectivity index (χ4v) is 3.91. The maximum absolute atomic E-state index is 10.0. The summed E-state index contributed by atoms with van der Waals surface area (Å²) in [4.78, 5) is 0.795. The van der Waals surface area contributed by atoms with E-state index >= 15 is 0 Å². The molecule has 0 bridgehead atoms. The minimum Gasteiger partial charge on any atom is -0.507 e. The molecule has 140 valence electrons. The number of methoxy groups -OCH3 is 1. The molecule has 0 spiro atoms. The van der Waals surface area contributed by atoms with Crippen LogP contribution in [0.5, 0.6) is 11.5 Å². The summed E-state index contributed by atoms with van der Waals surface area (Å²) >= 11 is 1.59. The number of nitrogens with zero attached hydrogens (tertiary/aromatic N) is 3. The molecule has 6 heteroatoms. The molecule has 1 N–H and O–H groups in total. The van der Waals surface area contributed by atoms with E-state index in [-0.39, 0.29) is 5.75 Å². The van der Waals surface area contributed by atoms with E-state index in [1.165, 1.54) is 11.8 Å². The van der Waals surface area contributed by atoms with E-state index in [1.54, 1.807) is 36.6 Å². The van der Waals surface area contributed by atoms with Gasteiger partial charge in [-0.3, -0.25) is 0 Å². The van der Waals surface area contributed by atoms with Crippen molar-refractivity contribution in [3.05, 3.63) is 88.7 Å². The van der Waals surface area contributed by atoms with E-state index < -0.39 is 0 Å². The molecule has 0 fully saturated rings. The van der Waals surface area contributed by atoms with Crippen molar-refractivity contribution >= 4 is 27.8 Å². The van der Waals surface area contributed by atoms with Crippen LogP contribution in [0.2, 0.25) is 0 Å². The second kappa shape index (κ2) is 8.10. The Hall–Kier alpha value is -3.38. The molecule has 0 aliphatic carbocycles. The Morgan fingerprint density at radius 1 is 1.04 bits per heavy atom. The number of thiazole rings is 1. The molecule has 0 aliphatic heterocycles. The summed E-state index contributed by atoms with van der Waals surface area (Å²) in [5, 5.41) is 18.7. The first kappa shape index (κ1) is 18.0. The first-order valence-electron chi connectivity index (χ1n) is 8.81. The molecule has 4 aromatic rings. The number of aromatic nitrogens is 1. The van der Waals surface area contributed by atoms with E-state index in [1.807, 2.05) is 30.3 Å². The van der Waals surface area contributed by atoms with Gasteiger partial charge in [0.15, 0.2) is 0 Å². The smallest absolute Gasteiger partial charge is 0.211 e. The standard InChI is InChI=1S/C22H19N3O2S/c1-27-18-11-12-20(26)17(13-18)14-23-24-22-25(15-16-7-3-2-4-8-16)19-9-5-6-10-21(19)28-22/h2-14,26H,15H2,1H3/b23-14+,24-22-. The summed E-state index contributed by atoms with van der Waals surface area (Å²) in [5.74, 6) is 0.786. The van der Waals surface area contributed by atoms with Crippen LogP contribution in [-0.4, -0.2) is 23.0 Å². The summed E-state index contributed by atoms with van der Waals surface area (Å²) in [6.45, 7) is 0.712. The van der Waals surface area contributed by atoms with E-state index in [0.717, 1.165) is 15.0 Å². The van der Waals surface area contributed by atoms with Crippen molar-refractivity contribution in [2.24, 2.45) is 10.2 Å². The summed E-state index contributed by atoms with van der Waals surface area (Å²) in [6, 6.07) is 23.5.